The maximum Gasteiger partial charge on any atom is 0.261 e. The molecule has 1 aromatic heterocycles. The highest BCUT2D eigenvalue weighted by atomic mass is 31.1. The van der Waals surface area contributed by atoms with E-state index in [2.05, 4.69) is 4.98 Å². The second kappa shape index (κ2) is 7.92. The van der Waals surface area contributed by atoms with E-state index in [4.69, 9.17) is 14.4 Å². The zero-order valence-corrected chi connectivity index (χ0v) is 14.5. The van der Waals surface area contributed by atoms with Gasteiger partial charge in [-0.25, -0.2) is 10.5 Å². The van der Waals surface area contributed by atoms with Crippen molar-refractivity contribution in [2.45, 2.75) is 6.16 Å². The molecule has 0 aliphatic rings. The third-order valence-corrected chi connectivity index (χ3v) is 4.48. The lowest BCUT2D eigenvalue weighted by atomic mass is 10.1. The molecule has 25 heavy (non-hydrogen) atoms. The first-order valence-corrected chi connectivity index (χ1v) is 8.79. The number of methoxy groups -OCH3 is 1. The number of aromatic nitrogens is 1. The molecule has 7 heteroatoms. The minimum Gasteiger partial charge on any atom is -0.497 e. The molecule has 2 aromatic carbocycles. The molecule has 1 unspecified atom stereocenters. The summed E-state index contributed by atoms with van der Waals surface area (Å²) in [6.45, 7) is 0. The van der Waals surface area contributed by atoms with Crippen molar-refractivity contribution in [3.05, 3.63) is 60.5 Å². The minimum atomic E-state index is -0.453. The number of nitrogens with zero attached hydrogens (tertiary/aromatic N) is 1. The first kappa shape index (κ1) is 17.1. The second-order valence-corrected chi connectivity index (χ2v) is 6.34. The van der Waals surface area contributed by atoms with Gasteiger partial charge in [-0.2, -0.15) is 0 Å². The van der Waals surface area contributed by atoms with Crippen LogP contribution in [0.5, 0.6) is 5.75 Å². The van der Waals surface area contributed by atoms with Gasteiger partial charge >= 0.3 is 0 Å². The average Bonchev–Trinajstić information content (AvgIpc) is 3.11. The normalized spacial score (nSPS) is 11.0. The Morgan fingerprint density at radius 1 is 1.16 bits per heavy atom. The molecular formula is C18H17N2O4P. The molecule has 0 aliphatic heterocycles. The lowest BCUT2D eigenvalue weighted by molar-refractivity contribution is 0.180. The van der Waals surface area contributed by atoms with Crippen LogP contribution < -0.4 is 10.2 Å². The quantitative estimate of drug-likeness (QED) is 0.391. The van der Waals surface area contributed by atoms with Crippen LogP contribution in [0, 0.1) is 0 Å². The van der Waals surface area contributed by atoms with Gasteiger partial charge < -0.3 is 9.15 Å². The molecule has 6 nitrogen and oxygen atoms in total. The fraction of sp³-hybridized carbons (Fsp3) is 0.111. The van der Waals surface area contributed by atoms with Crippen molar-refractivity contribution in [1.82, 2.24) is 10.5 Å². The highest BCUT2D eigenvalue weighted by molar-refractivity contribution is 7.56. The lowest BCUT2D eigenvalue weighted by Gasteiger charge is -2.03. The van der Waals surface area contributed by atoms with Gasteiger partial charge in [-0.15, -0.1) is 0 Å². The van der Waals surface area contributed by atoms with Crippen LogP contribution in [0.1, 0.15) is 5.89 Å². The zero-order chi connectivity index (χ0) is 17.6. The van der Waals surface area contributed by atoms with Crippen LogP contribution in [-0.4, -0.2) is 22.9 Å². The third kappa shape index (κ3) is 4.05. The molecule has 3 aromatic rings. The summed E-state index contributed by atoms with van der Waals surface area (Å²) in [7, 11) is 1.45. The smallest absolute Gasteiger partial charge is 0.261 e. The summed E-state index contributed by atoms with van der Waals surface area (Å²) in [5.41, 5.74) is 3.68. The first-order chi connectivity index (χ1) is 12.2. The highest BCUT2D eigenvalue weighted by Gasteiger charge is 2.17. The lowest BCUT2D eigenvalue weighted by Crippen LogP contribution is -2.10. The van der Waals surface area contributed by atoms with Gasteiger partial charge in [-0.05, 0) is 32.8 Å². The first-order valence-electron chi connectivity index (χ1n) is 7.58. The van der Waals surface area contributed by atoms with E-state index in [1.54, 1.807) is 12.6 Å². The molecule has 1 amide bonds. The predicted molar refractivity (Wildman–Crippen MR) is 96.3 cm³/mol. The van der Waals surface area contributed by atoms with Gasteiger partial charge in [0.25, 0.3) is 5.65 Å². The molecule has 1 atom stereocenters. The Hall–Kier alpha value is -2.69. The Morgan fingerprint density at radius 2 is 1.88 bits per heavy atom. The number of oxazole rings is 1. The summed E-state index contributed by atoms with van der Waals surface area (Å²) in [6, 6.07) is 17.2. The summed E-state index contributed by atoms with van der Waals surface area (Å²) in [6.07, 6.45) is 0.322. The number of ether oxygens (including phenoxy) is 1. The van der Waals surface area contributed by atoms with Gasteiger partial charge in [0.05, 0.1) is 13.3 Å². The summed E-state index contributed by atoms with van der Waals surface area (Å²) in [5, 5.41) is 8.62. The van der Waals surface area contributed by atoms with Crippen LogP contribution in [0.15, 0.2) is 59.0 Å². The molecular weight excluding hydrogens is 339 g/mol. The zero-order valence-electron chi connectivity index (χ0n) is 13.5. The number of carbonyl (C=O) groups excluding carboxylic acids is 1. The molecule has 3 rings (SSSR count). The van der Waals surface area contributed by atoms with Crippen LogP contribution in [-0.2, 0) is 6.16 Å². The number of hydrogen-bond donors (Lipinski definition) is 2. The van der Waals surface area contributed by atoms with E-state index in [0.717, 1.165) is 22.6 Å². The van der Waals surface area contributed by atoms with Gasteiger partial charge in [0.15, 0.2) is 11.7 Å². The molecule has 0 saturated heterocycles. The molecule has 1 heterocycles. The van der Waals surface area contributed by atoms with Crippen molar-refractivity contribution in [2.24, 2.45) is 0 Å². The van der Waals surface area contributed by atoms with Gasteiger partial charge in [-0.1, -0.05) is 30.3 Å². The van der Waals surface area contributed by atoms with Crippen molar-refractivity contribution in [3.63, 3.8) is 0 Å². The van der Waals surface area contributed by atoms with E-state index >= 15 is 0 Å². The number of rotatable bonds is 6. The molecule has 0 spiro atoms. The number of amides is 1. The van der Waals surface area contributed by atoms with Gasteiger partial charge in [-0.3, -0.25) is 10.0 Å². The summed E-state index contributed by atoms with van der Waals surface area (Å²) < 4.78 is 11.1. The molecule has 0 saturated carbocycles. The molecule has 0 bridgehead atoms. The third-order valence-electron chi connectivity index (χ3n) is 3.57. The fourth-order valence-corrected chi connectivity index (χ4v) is 2.91. The summed E-state index contributed by atoms with van der Waals surface area (Å²) in [5.74, 6) is 1.84. The van der Waals surface area contributed by atoms with E-state index in [0.29, 0.717) is 17.8 Å². The largest absolute Gasteiger partial charge is 0.497 e. The van der Waals surface area contributed by atoms with Crippen molar-refractivity contribution in [2.75, 3.05) is 7.11 Å². The van der Waals surface area contributed by atoms with Crippen LogP contribution in [0.25, 0.3) is 22.6 Å². The van der Waals surface area contributed by atoms with E-state index < -0.39 is 5.65 Å². The van der Waals surface area contributed by atoms with Crippen molar-refractivity contribution in [3.8, 4) is 28.3 Å². The Labute approximate surface area is 146 Å². The van der Waals surface area contributed by atoms with E-state index in [1.807, 2.05) is 54.6 Å². The minimum absolute atomic E-state index is 0.170. The van der Waals surface area contributed by atoms with Gasteiger partial charge in [0.1, 0.15) is 11.4 Å². The van der Waals surface area contributed by atoms with E-state index in [1.165, 1.54) is 0 Å². The SMILES string of the molecule is COc1ccc(-c2oc(CPC(=O)NO)nc2-c2ccccc2)cc1. The Balaban J connectivity index is 1.98. The molecule has 0 aliphatic carbocycles. The van der Waals surface area contributed by atoms with Crippen LogP contribution >= 0.6 is 8.58 Å². The second-order valence-electron chi connectivity index (χ2n) is 5.17. The topological polar surface area (TPSA) is 84.6 Å². The Kier molecular flexibility index (Phi) is 5.43. The fourth-order valence-electron chi connectivity index (χ4n) is 2.37. The number of hydrogen-bond acceptors (Lipinski definition) is 5. The molecule has 2 N–H and O–H groups in total. The predicted octanol–water partition coefficient (Wildman–Crippen LogP) is 4.29. The maximum absolute atomic E-state index is 11.3. The number of hydroxylamine groups is 1. The molecule has 0 radical (unpaired) electrons. The average molecular weight is 356 g/mol. The van der Waals surface area contributed by atoms with E-state index in [9.17, 15) is 4.79 Å². The summed E-state index contributed by atoms with van der Waals surface area (Å²) >= 11 is 0. The molecule has 128 valence electrons. The Bertz CT molecular complexity index is 847. The molecule has 0 fully saturated rings. The Morgan fingerprint density at radius 3 is 2.52 bits per heavy atom. The van der Waals surface area contributed by atoms with Crippen LogP contribution in [0.4, 0.5) is 4.79 Å². The number of carbonyl (C=O) groups is 1. The number of benzene rings is 2. The van der Waals surface area contributed by atoms with Crippen molar-refractivity contribution >= 4 is 14.2 Å². The van der Waals surface area contributed by atoms with Crippen molar-refractivity contribution in [1.29, 1.82) is 0 Å². The van der Waals surface area contributed by atoms with Crippen LogP contribution in [0.2, 0.25) is 0 Å². The monoisotopic (exact) mass is 356 g/mol. The standard InChI is InChI=1S/C18H17N2O4P/c1-23-14-9-7-13(8-10-14)17-16(12-5-3-2-4-6-12)19-15(24-17)11-25-18(21)20-22/h2-10,22,25H,11H2,1H3,(H,20,21). The summed E-state index contributed by atoms with van der Waals surface area (Å²) in [4.78, 5) is 15.8. The van der Waals surface area contributed by atoms with Crippen LogP contribution in [0.3, 0.4) is 0 Å². The van der Waals surface area contributed by atoms with Gasteiger partial charge in [0, 0.05) is 11.1 Å². The maximum atomic E-state index is 11.3. The number of nitrogens with one attached hydrogen (secondary N) is 1. The van der Waals surface area contributed by atoms with Gasteiger partial charge in [0.2, 0.25) is 0 Å². The van der Waals surface area contributed by atoms with Crippen molar-refractivity contribution < 1.29 is 19.2 Å². The van der Waals surface area contributed by atoms with E-state index in [-0.39, 0.29) is 8.58 Å². The highest BCUT2D eigenvalue weighted by Crippen LogP contribution is 2.35.